The van der Waals surface area contributed by atoms with Gasteiger partial charge in [-0.15, -0.1) is 0 Å². The summed E-state index contributed by atoms with van der Waals surface area (Å²) < 4.78 is 5.20. The maximum Gasteiger partial charge on any atom is 0.272 e. The van der Waals surface area contributed by atoms with E-state index < -0.39 is 0 Å². The van der Waals surface area contributed by atoms with Crippen molar-refractivity contribution >= 4 is 22.5 Å². The molecule has 0 saturated carbocycles. The molecule has 3 N–H and O–H groups in total. The minimum absolute atomic E-state index is 0.0341. The second kappa shape index (κ2) is 11.1. The van der Waals surface area contributed by atoms with Crippen molar-refractivity contribution in [2.45, 2.75) is 19.3 Å². The maximum absolute atomic E-state index is 12.2. The van der Waals surface area contributed by atoms with Crippen LogP contribution in [-0.2, 0) is 11.2 Å². The van der Waals surface area contributed by atoms with Crippen LogP contribution in [0.2, 0.25) is 0 Å². The third-order valence-electron chi connectivity index (χ3n) is 5.68. The van der Waals surface area contributed by atoms with Crippen LogP contribution in [-0.4, -0.2) is 36.3 Å². The highest BCUT2D eigenvalue weighted by Crippen LogP contribution is 2.23. The Morgan fingerprint density at radius 1 is 0.912 bits per heavy atom. The average molecular weight is 457 g/mol. The Morgan fingerprint density at radius 2 is 1.59 bits per heavy atom. The number of hydrogen-bond donors (Lipinski definition) is 3. The van der Waals surface area contributed by atoms with Gasteiger partial charge in [0.2, 0.25) is 5.91 Å². The molecule has 0 bridgehead atoms. The summed E-state index contributed by atoms with van der Waals surface area (Å²) in [5, 5.41) is 14.2. The standard InChI is InChI=1S/C27H28N4O3/c1-34-22-14-12-21(13-15-22)20-10-7-19(8-11-20)9-16-25(32)28-17-4-18-29-26-23-5-2-3-6-24(23)27(33)31-30-26/h2-3,5-8,10-15H,4,9,16-18H2,1H3,(H,28,32)(H,29,30)(H,31,33). The largest absolute Gasteiger partial charge is 0.497 e. The molecule has 0 aliphatic carbocycles. The summed E-state index contributed by atoms with van der Waals surface area (Å²) in [6, 6.07) is 23.6. The van der Waals surface area contributed by atoms with Gasteiger partial charge in [-0.05, 0) is 47.7 Å². The number of ether oxygens (including phenoxy) is 1. The highest BCUT2D eigenvalue weighted by molar-refractivity contribution is 5.90. The van der Waals surface area contributed by atoms with E-state index in [1.54, 1.807) is 13.2 Å². The van der Waals surface area contributed by atoms with E-state index in [1.807, 2.05) is 42.5 Å². The lowest BCUT2D eigenvalue weighted by atomic mass is 10.0. The van der Waals surface area contributed by atoms with Gasteiger partial charge in [-0.2, -0.15) is 5.10 Å². The molecule has 1 heterocycles. The number of rotatable bonds is 10. The number of carbonyl (C=O) groups excluding carboxylic acids is 1. The van der Waals surface area contributed by atoms with Gasteiger partial charge >= 0.3 is 0 Å². The zero-order valence-electron chi connectivity index (χ0n) is 19.1. The van der Waals surface area contributed by atoms with Crippen molar-refractivity contribution in [2.24, 2.45) is 0 Å². The van der Waals surface area contributed by atoms with Gasteiger partial charge in [0, 0.05) is 24.9 Å². The molecule has 0 aliphatic heterocycles. The molecule has 0 saturated heterocycles. The van der Waals surface area contributed by atoms with Crippen molar-refractivity contribution in [2.75, 3.05) is 25.5 Å². The highest BCUT2D eigenvalue weighted by atomic mass is 16.5. The Balaban J connectivity index is 1.18. The molecule has 174 valence electrons. The van der Waals surface area contributed by atoms with E-state index in [9.17, 15) is 9.59 Å². The molecule has 4 aromatic rings. The zero-order valence-corrected chi connectivity index (χ0v) is 19.1. The Kier molecular flexibility index (Phi) is 7.55. The van der Waals surface area contributed by atoms with Crippen molar-refractivity contribution in [1.82, 2.24) is 15.5 Å². The number of nitrogens with one attached hydrogen (secondary N) is 3. The monoisotopic (exact) mass is 456 g/mol. The molecule has 4 rings (SSSR count). The third-order valence-corrected chi connectivity index (χ3v) is 5.68. The van der Waals surface area contributed by atoms with E-state index in [0.717, 1.165) is 34.2 Å². The molecular weight excluding hydrogens is 428 g/mol. The molecule has 34 heavy (non-hydrogen) atoms. The third kappa shape index (κ3) is 5.81. The summed E-state index contributed by atoms with van der Waals surface area (Å²) in [6.45, 7) is 1.21. The van der Waals surface area contributed by atoms with E-state index >= 15 is 0 Å². The normalized spacial score (nSPS) is 10.7. The first-order valence-corrected chi connectivity index (χ1v) is 11.4. The Hall–Kier alpha value is -4.13. The molecule has 0 atom stereocenters. The molecule has 0 fully saturated rings. The van der Waals surface area contributed by atoms with Crippen LogP contribution in [0.4, 0.5) is 5.82 Å². The fraction of sp³-hybridized carbons (Fsp3) is 0.222. The molecule has 3 aromatic carbocycles. The zero-order chi connectivity index (χ0) is 23.8. The maximum atomic E-state index is 12.2. The minimum Gasteiger partial charge on any atom is -0.497 e. The molecule has 0 spiro atoms. The minimum atomic E-state index is -0.205. The number of H-pyrrole nitrogens is 1. The number of aromatic nitrogens is 2. The second-order valence-corrected chi connectivity index (χ2v) is 8.00. The second-order valence-electron chi connectivity index (χ2n) is 8.00. The van der Waals surface area contributed by atoms with E-state index in [0.29, 0.717) is 37.1 Å². The lowest BCUT2D eigenvalue weighted by Gasteiger charge is -2.09. The number of hydrogen-bond acceptors (Lipinski definition) is 5. The number of anilines is 1. The number of nitrogens with zero attached hydrogens (tertiary/aromatic N) is 1. The summed E-state index contributed by atoms with van der Waals surface area (Å²) >= 11 is 0. The summed E-state index contributed by atoms with van der Waals surface area (Å²) in [6.07, 6.45) is 1.89. The molecule has 0 radical (unpaired) electrons. The van der Waals surface area contributed by atoms with Gasteiger partial charge in [0.25, 0.3) is 5.56 Å². The van der Waals surface area contributed by atoms with Gasteiger partial charge in [-0.25, -0.2) is 5.10 Å². The molecular formula is C27H28N4O3. The van der Waals surface area contributed by atoms with Gasteiger partial charge in [0.05, 0.1) is 12.5 Å². The van der Waals surface area contributed by atoms with Crippen LogP contribution in [0.3, 0.4) is 0 Å². The summed E-state index contributed by atoms with van der Waals surface area (Å²) in [4.78, 5) is 24.1. The predicted octanol–water partition coefficient (Wildman–Crippen LogP) is 4.15. The van der Waals surface area contributed by atoms with Gasteiger partial charge in [-0.1, -0.05) is 54.6 Å². The quantitative estimate of drug-likeness (QED) is 0.312. The first-order valence-electron chi connectivity index (χ1n) is 11.4. The first kappa shape index (κ1) is 23.0. The molecule has 7 heteroatoms. The smallest absolute Gasteiger partial charge is 0.272 e. The number of amides is 1. The number of benzene rings is 3. The van der Waals surface area contributed by atoms with Gasteiger partial charge in [0.15, 0.2) is 5.82 Å². The molecule has 0 aliphatic rings. The lowest BCUT2D eigenvalue weighted by Crippen LogP contribution is -2.26. The summed E-state index contributed by atoms with van der Waals surface area (Å²) in [5.41, 5.74) is 3.19. The van der Waals surface area contributed by atoms with Crippen molar-refractivity contribution in [1.29, 1.82) is 0 Å². The van der Waals surface area contributed by atoms with Gasteiger partial charge in [-0.3, -0.25) is 9.59 Å². The first-order chi connectivity index (χ1) is 16.6. The van der Waals surface area contributed by atoms with E-state index in [1.165, 1.54) is 0 Å². The van der Waals surface area contributed by atoms with E-state index in [4.69, 9.17) is 4.74 Å². The fourth-order valence-electron chi connectivity index (χ4n) is 3.77. The topological polar surface area (TPSA) is 96.1 Å². The molecule has 7 nitrogen and oxygen atoms in total. The van der Waals surface area contributed by atoms with Crippen LogP contribution < -0.4 is 20.9 Å². The number of fused-ring (bicyclic) bond motifs is 1. The Bertz CT molecular complexity index is 1300. The molecule has 1 aromatic heterocycles. The molecule has 1 amide bonds. The summed E-state index contributed by atoms with van der Waals surface area (Å²) in [7, 11) is 1.66. The van der Waals surface area contributed by atoms with Crippen molar-refractivity contribution < 1.29 is 9.53 Å². The van der Waals surface area contributed by atoms with E-state index in [2.05, 4.69) is 45.1 Å². The van der Waals surface area contributed by atoms with E-state index in [-0.39, 0.29) is 11.5 Å². The predicted molar refractivity (Wildman–Crippen MR) is 135 cm³/mol. The van der Waals surface area contributed by atoms with Crippen LogP contribution in [0, 0.1) is 0 Å². The van der Waals surface area contributed by atoms with Crippen molar-refractivity contribution in [3.63, 3.8) is 0 Å². The van der Waals surface area contributed by atoms with Crippen LogP contribution >= 0.6 is 0 Å². The van der Waals surface area contributed by atoms with Gasteiger partial charge < -0.3 is 15.4 Å². The van der Waals surface area contributed by atoms with Crippen molar-refractivity contribution in [3.8, 4) is 16.9 Å². The van der Waals surface area contributed by atoms with Crippen molar-refractivity contribution in [3.05, 3.63) is 88.7 Å². The van der Waals surface area contributed by atoms with Gasteiger partial charge in [0.1, 0.15) is 5.75 Å². The number of aryl methyl sites for hydroxylation is 1. The number of aromatic amines is 1. The van der Waals surface area contributed by atoms with Crippen LogP contribution in [0.5, 0.6) is 5.75 Å². The lowest BCUT2D eigenvalue weighted by molar-refractivity contribution is -0.121. The average Bonchev–Trinajstić information content (AvgIpc) is 2.89. The SMILES string of the molecule is COc1ccc(-c2ccc(CCC(=O)NCCCNc3n[nH]c(=O)c4ccccc34)cc2)cc1. The fourth-order valence-corrected chi connectivity index (χ4v) is 3.77. The summed E-state index contributed by atoms with van der Waals surface area (Å²) in [5.74, 6) is 1.51. The number of carbonyl (C=O) groups is 1. The number of methoxy groups -OCH3 is 1. The molecule has 0 unspecified atom stereocenters. The Labute approximate surface area is 198 Å². The van der Waals surface area contributed by atoms with Crippen LogP contribution in [0.25, 0.3) is 21.9 Å². The van der Waals surface area contributed by atoms with Crippen LogP contribution in [0.15, 0.2) is 77.6 Å². The highest BCUT2D eigenvalue weighted by Gasteiger charge is 2.06. The Morgan fingerprint density at radius 3 is 2.29 bits per heavy atom. The van der Waals surface area contributed by atoms with Crippen LogP contribution in [0.1, 0.15) is 18.4 Å².